The lowest BCUT2D eigenvalue weighted by Gasteiger charge is -2.49. The third kappa shape index (κ3) is 13.6. The summed E-state index contributed by atoms with van der Waals surface area (Å²) in [5.74, 6) is 4.34. The van der Waals surface area contributed by atoms with Crippen LogP contribution in [0.3, 0.4) is 0 Å². The molecule has 0 heterocycles. The van der Waals surface area contributed by atoms with Crippen LogP contribution < -0.4 is 0 Å². The minimum Gasteiger partial charge on any atom is -0.299 e. The number of hydrogen-bond acceptors (Lipinski definition) is 1. The normalized spacial score (nSPS) is 28.7. The Morgan fingerprint density at radius 2 is 1.53 bits per heavy atom. The molecule has 0 spiro atoms. The summed E-state index contributed by atoms with van der Waals surface area (Å²) in [6.07, 6.45) is 45.4. The predicted octanol–water partition coefficient (Wildman–Crippen LogP) is 15.0. The predicted molar refractivity (Wildman–Crippen MR) is 208 cm³/mol. The highest BCUT2D eigenvalue weighted by Crippen LogP contribution is 2.57. The van der Waals surface area contributed by atoms with E-state index in [2.05, 4.69) is 71.9 Å². The van der Waals surface area contributed by atoms with Gasteiger partial charge in [-0.3, -0.25) is 4.79 Å². The quantitative estimate of drug-likeness (QED) is 0.0752. The van der Waals surface area contributed by atoms with E-state index in [1.807, 2.05) is 0 Å². The highest BCUT2D eigenvalue weighted by atomic mass is 16.1. The second kappa shape index (κ2) is 21.9. The van der Waals surface area contributed by atoms with Gasteiger partial charge in [-0.15, -0.1) is 0 Å². The van der Waals surface area contributed by atoms with Crippen LogP contribution in [0, 0.1) is 40.4 Å². The lowest BCUT2D eigenvalue weighted by atomic mass is 9.56. The van der Waals surface area contributed by atoms with Gasteiger partial charge in [0.2, 0.25) is 0 Å². The number of rotatable bonds is 24. The third-order valence-electron chi connectivity index (χ3n) is 13.4. The molecule has 1 unspecified atom stereocenters. The SMILES string of the molecule is CCCCCC=CCC=CCCCCCCCCC(=O)[C@H]1CC[C@@]2(C)C(=CCCC2CC[C@@]2(C)CCC[C@@H]2[C@H](C)CCCC(C)C)C1. The summed E-state index contributed by atoms with van der Waals surface area (Å²) < 4.78 is 0. The molecule has 270 valence electrons. The molecule has 0 N–H and O–H groups in total. The molecular formula is C46H80O. The molecule has 3 rings (SSSR count). The van der Waals surface area contributed by atoms with Crippen molar-refractivity contribution in [3.05, 3.63) is 36.0 Å². The first-order valence-electron chi connectivity index (χ1n) is 21.2. The molecule has 0 aliphatic heterocycles. The van der Waals surface area contributed by atoms with Crippen LogP contribution in [0.4, 0.5) is 0 Å². The number of carbonyl (C=O) groups excluding carboxylic acids is 1. The van der Waals surface area contributed by atoms with E-state index < -0.39 is 0 Å². The van der Waals surface area contributed by atoms with Gasteiger partial charge in [-0.1, -0.05) is 142 Å². The summed E-state index contributed by atoms with van der Waals surface area (Å²) in [5.41, 5.74) is 2.57. The summed E-state index contributed by atoms with van der Waals surface area (Å²) >= 11 is 0. The van der Waals surface area contributed by atoms with Crippen molar-refractivity contribution in [3.63, 3.8) is 0 Å². The van der Waals surface area contributed by atoms with Gasteiger partial charge >= 0.3 is 0 Å². The molecule has 0 bridgehead atoms. The van der Waals surface area contributed by atoms with Gasteiger partial charge in [0.05, 0.1) is 0 Å². The van der Waals surface area contributed by atoms with Crippen molar-refractivity contribution in [1.82, 2.24) is 0 Å². The molecule has 0 amide bonds. The van der Waals surface area contributed by atoms with Gasteiger partial charge in [-0.2, -0.15) is 0 Å². The van der Waals surface area contributed by atoms with Gasteiger partial charge in [0.1, 0.15) is 5.78 Å². The second-order valence-electron chi connectivity index (χ2n) is 17.7. The number of ketones is 1. The van der Waals surface area contributed by atoms with Crippen molar-refractivity contribution in [3.8, 4) is 0 Å². The molecule has 1 heteroatoms. The van der Waals surface area contributed by atoms with E-state index >= 15 is 0 Å². The first kappa shape index (κ1) is 40.3. The Balaban J connectivity index is 1.30. The Hall–Kier alpha value is -1.11. The van der Waals surface area contributed by atoms with Crippen LogP contribution in [0.2, 0.25) is 0 Å². The fraction of sp³-hybridized carbons (Fsp3) is 0.848. The average Bonchev–Trinajstić information content (AvgIpc) is 3.44. The molecule has 3 aliphatic carbocycles. The van der Waals surface area contributed by atoms with E-state index in [4.69, 9.17) is 0 Å². The molecule has 0 aromatic rings. The Bertz CT molecular complexity index is 952. The second-order valence-corrected chi connectivity index (χ2v) is 17.7. The topological polar surface area (TPSA) is 17.1 Å². The van der Waals surface area contributed by atoms with E-state index in [9.17, 15) is 4.79 Å². The maximum absolute atomic E-state index is 13.3. The van der Waals surface area contributed by atoms with Gasteiger partial charge in [0.25, 0.3) is 0 Å². The van der Waals surface area contributed by atoms with Crippen molar-refractivity contribution in [2.45, 2.75) is 208 Å². The minimum absolute atomic E-state index is 0.300. The molecule has 0 aromatic carbocycles. The fourth-order valence-electron chi connectivity index (χ4n) is 10.1. The van der Waals surface area contributed by atoms with Crippen LogP contribution in [-0.2, 0) is 4.79 Å². The van der Waals surface area contributed by atoms with Crippen molar-refractivity contribution >= 4 is 5.78 Å². The Kier molecular flexibility index (Phi) is 18.8. The zero-order valence-corrected chi connectivity index (χ0v) is 32.6. The Morgan fingerprint density at radius 3 is 2.26 bits per heavy atom. The lowest BCUT2D eigenvalue weighted by Crippen LogP contribution is -2.39. The zero-order valence-electron chi connectivity index (χ0n) is 32.6. The van der Waals surface area contributed by atoms with Gasteiger partial charge in [-0.05, 0) is 131 Å². The number of Topliss-reactive ketones (excluding diaryl/α,β-unsaturated/α-hetero) is 1. The van der Waals surface area contributed by atoms with Crippen molar-refractivity contribution < 1.29 is 4.79 Å². The maximum atomic E-state index is 13.3. The fourth-order valence-corrected chi connectivity index (χ4v) is 10.1. The van der Waals surface area contributed by atoms with Crippen molar-refractivity contribution in [1.29, 1.82) is 0 Å². The van der Waals surface area contributed by atoms with Crippen LogP contribution in [0.1, 0.15) is 208 Å². The molecule has 1 nitrogen and oxygen atoms in total. The highest BCUT2D eigenvalue weighted by Gasteiger charge is 2.46. The first-order chi connectivity index (χ1) is 22.7. The summed E-state index contributed by atoms with van der Waals surface area (Å²) in [5, 5.41) is 0. The number of allylic oxidation sites excluding steroid dienone is 6. The molecule has 0 radical (unpaired) electrons. The third-order valence-corrected chi connectivity index (χ3v) is 13.4. The van der Waals surface area contributed by atoms with Crippen LogP contribution in [-0.4, -0.2) is 5.78 Å². The first-order valence-corrected chi connectivity index (χ1v) is 21.2. The molecule has 0 aromatic heterocycles. The van der Waals surface area contributed by atoms with Gasteiger partial charge < -0.3 is 0 Å². The molecular weight excluding hydrogens is 569 g/mol. The lowest BCUT2D eigenvalue weighted by molar-refractivity contribution is -0.124. The van der Waals surface area contributed by atoms with Gasteiger partial charge in [-0.25, -0.2) is 0 Å². The van der Waals surface area contributed by atoms with Crippen molar-refractivity contribution in [2.24, 2.45) is 40.4 Å². The van der Waals surface area contributed by atoms with Crippen LogP contribution in [0.25, 0.3) is 0 Å². The molecule has 2 fully saturated rings. The monoisotopic (exact) mass is 649 g/mol. The van der Waals surface area contributed by atoms with Crippen LogP contribution in [0.5, 0.6) is 0 Å². The summed E-state index contributed by atoms with van der Waals surface area (Å²) in [7, 11) is 0. The number of unbranched alkanes of at least 4 members (excludes halogenated alkanes) is 9. The molecule has 3 aliphatic rings. The highest BCUT2D eigenvalue weighted by molar-refractivity contribution is 5.81. The maximum Gasteiger partial charge on any atom is 0.136 e. The van der Waals surface area contributed by atoms with Crippen molar-refractivity contribution in [2.75, 3.05) is 0 Å². The molecule has 2 saturated carbocycles. The Labute approximate surface area is 294 Å². The van der Waals surface area contributed by atoms with E-state index in [0.29, 0.717) is 22.5 Å². The Morgan fingerprint density at radius 1 is 0.830 bits per heavy atom. The number of fused-ring (bicyclic) bond motifs is 1. The van der Waals surface area contributed by atoms with E-state index in [0.717, 1.165) is 55.8 Å². The van der Waals surface area contributed by atoms with Crippen LogP contribution in [0.15, 0.2) is 36.0 Å². The largest absolute Gasteiger partial charge is 0.299 e. The zero-order chi connectivity index (χ0) is 34.0. The average molecular weight is 649 g/mol. The summed E-state index contributed by atoms with van der Waals surface area (Å²) in [4.78, 5) is 13.3. The number of hydrogen-bond donors (Lipinski definition) is 0. The van der Waals surface area contributed by atoms with Gasteiger partial charge in [0.15, 0.2) is 0 Å². The van der Waals surface area contributed by atoms with E-state index in [-0.39, 0.29) is 0 Å². The number of carbonyl (C=O) groups is 1. The van der Waals surface area contributed by atoms with Crippen LogP contribution >= 0.6 is 0 Å². The molecule has 0 saturated heterocycles. The summed E-state index contributed by atoms with van der Waals surface area (Å²) in [6, 6.07) is 0. The van der Waals surface area contributed by atoms with E-state index in [1.54, 1.807) is 5.57 Å². The standard InChI is InChI=1S/C46H80O/c1-7-8-9-10-11-12-13-14-15-16-17-18-19-20-21-22-31-44(47)40-32-36-46(6)41(28-24-29-42(46)37-40)33-35-45(5)34-25-30-43(45)39(4)27-23-26-38(2)3/h11-12,14-15,29,38-41,43H,7-10,13,16-28,30-37H2,1-6H3/t39-,40+,41?,43-,45-,46-/m1/s1. The summed E-state index contributed by atoms with van der Waals surface area (Å²) in [6.45, 7) is 14.8. The van der Waals surface area contributed by atoms with E-state index in [1.165, 1.54) is 135 Å². The molecule has 47 heavy (non-hydrogen) atoms. The smallest absolute Gasteiger partial charge is 0.136 e. The molecule has 6 atom stereocenters. The van der Waals surface area contributed by atoms with Gasteiger partial charge in [0, 0.05) is 12.3 Å². The minimum atomic E-state index is 0.300.